The molecule has 0 saturated heterocycles. The normalized spacial score (nSPS) is 10.4. The van der Waals surface area contributed by atoms with Gasteiger partial charge in [0.1, 0.15) is 5.75 Å². The Morgan fingerprint density at radius 2 is 1.62 bits per heavy atom. The van der Waals surface area contributed by atoms with Crippen molar-refractivity contribution < 1.29 is 4.74 Å². The van der Waals surface area contributed by atoms with Crippen LogP contribution in [0.3, 0.4) is 0 Å². The Morgan fingerprint density at radius 1 is 0.875 bits per heavy atom. The van der Waals surface area contributed by atoms with Crippen LogP contribution in [0.1, 0.15) is 18.1 Å². The van der Waals surface area contributed by atoms with Crippen molar-refractivity contribution in [1.82, 2.24) is 5.32 Å². The predicted molar refractivity (Wildman–Crippen MR) is 104 cm³/mol. The van der Waals surface area contributed by atoms with Crippen molar-refractivity contribution in [2.75, 3.05) is 13.2 Å². The lowest BCUT2D eigenvalue weighted by Gasteiger charge is -2.14. The number of nitrogens with one attached hydrogen (secondary N) is 1. The molecule has 3 heteroatoms. The van der Waals surface area contributed by atoms with Gasteiger partial charge in [0.05, 0.1) is 6.61 Å². The first-order valence-electron chi connectivity index (χ1n) is 8.26. The molecule has 0 fully saturated rings. The first-order chi connectivity index (χ1) is 11.4. The third-order valence-electron chi connectivity index (χ3n) is 4.03. The zero-order valence-electron chi connectivity index (χ0n) is 14.0. The quantitative estimate of drug-likeness (QED) is 0.611. The summed E-state index contributed by atoms with van der Waals surface area (Å²) in [5.74, 6) is 0.985. The molecule has 3 rings (SSSR count). The summed E-state index contributed by atoms with van der Waals surface area (Å²) in [6.07, 6.45) is 1.04. The zero-order chi connectivity index (χ0) is 15.9. The van der Waals surface area contributed by atoms with Crippen LogP contribution in [-0.2, 0) is 13.0 Å². The summed E-state index contributed by atoms with van der Waals surface area (Å²) >= 11 is 0. The standard InChI is InChI=1S/C21H23NO.ClH/c1-2-23-21-13-12-18-10-6-7-11-19(18)20(21)16-22-15-14-17-8-4-3-5-9-17;/h3-13,22H,2,14-16H2,1H3;1H. The molecule has 0 bridgehead atoms. The van der Waals surface area contributed by atoms with Crippen LogP contribution in [0.2, 0.25) is 0 Å². The largest absolute Gasteiger partial charge is 0.494 e. The van der Waals surface area contributed by atoms with Crippen LogP contribution in [0, 0.1) is 0 Å². The molecule has 0 spiro atoms. The smallest absolute Gasteiger partial charge is 0.124 e. The lowest BCUT2D eigenvalue weighted by Crippen LogP contribution is -2.17. The Bertz CT molecular complexity index is 758. The van der Waals surface area contributed by atoms with E-state index in [-0.39, 0.29) is 12.4 Å². The van der Waals surface area contributed by atoms with Crippen molar-refractivity contribution in [2.45, 2.75) is 19.9 Å². The van der Waals surface area contributed by atoms with E-state index in [9.17, 15) is 0 Å². The molecular formula is C21H24ClNO. The molecule has 0 aliphatic carbocycles. The van der Waals surface area contributed by atoms with E-state index in [4.69, 9.17) is 4.74 Å². The molecule has 0 radical (unpaired) electrons. The van der Waals surface area contributed by atoms with Crippen molar-refractivity contribution in [3.63, 3.8) is 0 Å². The lowest BCUT2D eigenvalue weighted by molar-refractivity contribution is 0.336. The fourth-order valence-corrected chi connectivity index (χ4v) is 2.88. The Labute approximate surface area is 150 Å². The highest BCUT2D eigenvalue weighted by Gasteiger charge is 2.08. The topological polar surface area (TPSA) is 21.3 Å². The van der Waals surface area contributed by atoms with Gasteiger partial charge >= 0.3 is 0 Å². The highest BCUT2D eigenvalue weighted by molar-refractivity contribution is 5.87. The molecule has 0 unspecified atom stereocenters. The van der Waals surface area contributed by atoms with Crippen LogP contribution in [-0.4, -0.2) is 13.2 Å². The molecule has 3 aromatic carbocycles. The zero-order valence-corrected chi connectivity index (χ0v) is 14.8. The number of ether oxygens (including phenoxy) is 1. The van der Waals surface area contributed by atoms with Gasteiger partial charge in [-0.05, 0) is 42.3 Å². The number of rotatable bonds is 7. The second-order valence-corrected chi connectivity index (χ2v) is 5.61. The van der Waals surface area contributed by atoms with Crippen LogP contribution < -0.4 is 10.1 Å². The fraction of sp³-hybridized carbons (Fsp3) is 0.238. The van der Waals surface area contributed by atoms with Crippen LogP contribution in [0.4, 0.5) is 0 Å². The third-order valence-corrected chi connectivity index (χ3v) is 4.03. The molecule has 0 amide bonds. The van der Waals surface area contributed by atoms with Crippen LogP contribution in [0.15, 0.2) is 66.7 Å². The van der Waals surface area contributed by atoms with E-state index in [0.717, 1.165) is 25.3 Å². The maximum atomic E-state index is 5.82. The van der Waals surface area contributed by atoms with Gasteiger partial charge in [0.2, 0.25) is 0 Å². The van der Waals surface area contributed by atoms with Crippen LogP contribution >= 0.6 is 12.4 Å². The van der Waals surface area contributed by atoms with Gasteiger partial charge in [-0.1, -0.05) is 60.7 Å². The summed E-state index contributed by atoms with van der Waals surface area (Å²) in [6, 6.07) is 23.3. The molecule has 0 atom stereocenters. The predicted octanol–water partition coefficient (Wildman–Crippen LogP) is 4.99. The van der Waals surface area contributed by atoms with E-state index >= 15 is 0 Å². The monoisotopic (exact) mass is 341 g/mol. The molecule has 2 nitrogen and oxygen atoms in total. The van der Waals surface area contributed by atoms with Gasteiger partial charge < -0.3 is 10.1 Å². The lowest BCUT2D eigenvalue weighted by atomic mass is 10.0. The second kappa shape index (κ2) is 9.31. The van der Waals surface area contributed by atoms with E-state index in [0.29, 0.717) is 6.61 Å². The highest BCUT2D eigenvalue weighted by Crippen LogP contribution is 2.28. The number of fused-ring (bicyclic) bond motifs is 1. The third kappa shape index (κ3) is 4.50. The van der Waals surface area contributed by atoms with Gasteiger partial charge in [0, 0.05) is 12.1 Å². The average molecular weight is 342 g/mol. The first-order valence-corrected chi connectivity index (χ1v) is 8.26. The number of benzene rings is 3. The second-order valence-electron chi connectivity index (χ2n) is 5.61. The SMILES string of the molecule is CCOc1ccc2ccccc2c1CNCCc1ccccc1.Cl. The minimum atomic E-state index is 0. The Hall–Kier alpha value is -2.03. The van der Waals surface area contributed by atoms with Crippen molar-refractivity contribution in [1.29, 1.82) is 0 Å². The molecule has 1 N–H and O–H groups in total. The molecule has 0 aliphatic rings. The summed E-state index contributed by atoms with van der Waals surface area (Å²) in [7, 11) is 0. The number of hydrogen-bond acceptors (Lipinski definition) is 2. The van der Waals surface area contributed by atoms with Crippen molar-refractivity contribution in [3.8, 4) is 5.75 Å². The van der Waals surface area contributed by atoms with Crippen molar-refractivity contribution in [3.05, 3.63) is 77.9 Å². The number of hydrogen-bond donors (Lipinski definition) is 1. The maximum Gasteiger partial charge on any atom is 0.124 e. The van der Waals surface area contributed by atoms with Gasteiger partial charge in [0.25, 0.3) is 0 Å². The van der Waals surface area contributed by atoms with Gasteiger partial charge in [-0.15, -0.1) is 12.4 Å². The molecule has 0 aromatic heterocycles. The van der Waals surface area contributed by atoms with Crippen molar-refractivity contribution in [2.24, 2.45) is 0 Å². The summed E-state index contributed by atoms with van der Waals surface area (Å²) in [6.45, 7) is 4.50. The van der Waals surface area contributed by atoms with Crippen molar-refractivity contribution >= 4 is 23.2 Å². The van der Waals surface area contributed by atoms with Crippen LogP contribution in [0.5, 0.6) is 5.75 Å². The van der Waals surface area contributed by atoms with E-state index in [1.165, 1.54) is 21.9 Å². The van der Waals surface area contributed by atoms with E-state index in [1.54, 1.807) is 0 Å². The summed E-state index contributed by atoms with van der Waals surface area (Å²) < 4.78 is 5.82. The minimum Gasteiger partial charge on any atom is -0.494 e. The molecule has 3 aromatic rings. The number of halogens is 1. The Morgan fingerprint density at radius 3 is 2.42 bits per heavy atom. The fourth-order valence-electron chi connectivity index (χ4n) is 2.88. The van der Waals surface area contributed by atoms with Gasteiger partial charge in [-0.2, -0.15) is 0 Å². The highest BCUT2D eigenvalue weighted by atomic mass is 35.5. The first kappa shape index (κ1) is 18.3. The summed E-state index contributed by atoms with van der Waals surface area (Å²) in [5.41, 5.74) is 2.61. The Balaban J connectivity index is 0.00000208. The van der Waals surface area contributed by atoms with E-state index in [1.807, 2.05) is 6.92 Å². The molecule has 0 aliphatic heterocycles. The van der Waals surface area contributed by atoms with Gasteiger partial charge in [-0.25, -0.2) is 0 Å². The molecular weight excluding hydrogens is 318 g/mol. The molecule has 126 valence electrons. The maximum absolute atomic E-state index is 5.82. The van der Waals surface area contributed by atoms with Crippen LogP contribution in [0.25, 0.3) is 10.8 Å². The minimum absolute atomic E-state index is 0. The van der Waals surface area contributed by atoms with Gasteiger partial charge in [0.15, 0.2) is 0 Å². The summed E-state index contributed by atoms with van der Waals surface area (Å²) in [5, 5.41) is 6.09. The van der Waals surface area contributed by atoms with E-state index in [2.05, 4.69) is 72.0 Å². The molecule has 24 heavy (non-hydrogen) atoms. The van der Waals surface area contributed by atoms with E-state index < -0.39 is 0 Å². The molecule has 0 saturated carbocycles. The van der Waals surface area contributed by atoms with Gasteiger partial charge in [-0.3, -0.25) is 0 Å². The Kier molecular flexibility index (Phi) is 7.10. The summed E-state index contributed by atoms with van der Waals surface area (Å²) in [4.78, 5) is 0. The average Bonchev–Trinajstić information content (AvgIpc) is 2.61. The molecule has 0 heterocycles.